The maximum absolute atomic E-state index is 11.0. The Labute approximate surface area is 94.8 Å². The molecule has 0 aromatic heterocycles. The number of carboxylic acid groups (broad SMARTS) is 1. The Kier molecular flexibility index (Phi) is 9.49. The topological polar surface area (TPSA) is 54.4 Å². The molecule has 0 aliphatic rings. The second-order valence-corrected chi connectivity index (χ2v) is 2.50. The van der Waals surface area contributed by atoms with Crippen LogP contribution in [0.4, 0.5) is 0 Å². The molecule has 0 aliphatic carbocycles. The number of ketones is 1. The van der Waals surface area contributed by atoms with Gasteiger partial charge >= 0.3 is 35.5 Å². The van der Waals surface area contributed by atoms with Crippen LogP contribution in [-0.2, 0) is 9.59 Å². The van der Waals surface area contributed by atoms with Gasteiger partial charge in [0.15, 0.2) is 0 Å². The van der Waals surface area contributed by atoms with Gasteiger partial charge in [-0.05, 0) is 6.42 Å². The Bertz CT molecular complexity index is 156. The van der Waals surface area contributed by atoms with E-state index in [1.807, 2.05) is 6.92 Å². The third-order valence-corrected chi connectivity index (χ3v) is 1.61. The van der Waals surface area contributed by atoms with E-state index in [4.69, 9.17) is 5.11 Å². The summed E-state index contributed by atoms with van der Waals surface area (Å²) < 4.78 is 0. The standard InChI is InChI=1S/C8H14O3.Na.H/c1-3-5-6(8(10)11)7(9)4-2;;/h6H,3-5H2,1-2H3,(H,10,11);;. The average molecular weight is 182 g/mol. The van der Waals surface area contributed by atoms with Crippen molar-refractivity contribution in [3.63, 3.8) is 0 Å². The Hall–Kier alpha value is 0.140. The summed E-state index contributed by atoms with van der Waals surface area (Å²) in [6.45, 7) is 3.56. The van der Waals surface area contributed by atoms with E-state index in [0.29, 0.717) is 12.8 Å². The van der Waals surface area contributed by atoms with Gasteiger partial charge in [-0.25, -0.2) is 0 Å². The molecule has 0 aromatic rings. The summed E-state index contributed by atoms with van der Waals surface area (Å²) in [7, 11) is 0. The van der Waals surface area contributed by atoms with Crippen molar-refractivity contribution in [2.24, 2.45) is 5.92 Å². The SMILES string of the molecule is CCCC(C(=O)O)C(=O)CC.[NaH]. The number of hydrogen-bond acceptors (Lipinski definition) is 2. The number of carboxylic acids is 1. The molecule has 0 aliphatic heterocycles. The predicted octanol–water partition coefficient (Wildman–Crippen LogP) is 0.818. The number of rotatable bonds is 5. The van der Waals surface area contributed by atoms with Crippen molar-refractivity contribution >= 4 is 41.3 Å². The van der Waals surface area contributed by atoms with Gasteiger partial charge in [-0.15, -0.1) is 0 Å². The number of carbonyl (C=O) groups excluding carboxylic acids is 1. The van der Waals surface area contributed by atoms with Gasteiger partial charge in [-0.2, -0.15) is 0 Å². The molecule has 1 unspecified atom stereocenters. The first-order chi connectivity index (χ1) is 5.13. The third-order valence-electron chi connectivity index (χ3n) is 1.61. The quantitative estimate of drug-likeness (QED) is 0.506. The fraction of sp³-hybridized carbons (Fsp3) is 0.750. The van der Waals surface area contributed by atoms with E-state index in [-0.39, 0.29) is 35.3 Å². The fourth-order valence-electron chi connectivity index (χ4n) is 0.957. The molecule has 0 amide bonds. The van der Waals surface area contributed by atoms with Crippen molar-refractivity contribution in [2.45, 2.75) is 33.1 Å². The van der Waals surface area contributed by atoms with E-state index in [1.165, 1.54) is 0 Å². The zero-order valence-corrected chi connectivity index (χ0v) is 6.96. The van der Waals surface area contributed by atoms with Crippen molar-refractivity contribution in [3.05, 3.63) is 0 Å². The van der Waals surface area contributed by atoms with E-state index in [1.54, 1.807) is 6.92 Å². The van der Waals surface area contributed by atoms with Crippen molar-refractivity contribution in [3.8, 4) is 0 Å². The van der Waals surface area contributed by atoms with Crippen LogP contribution in [0.2, 0.25) is 0 Å². The van der Waals surface area contributed by atoms with Crippen LogP contribution in [0.5, 0.6) is 0 Å². The minimum absolute atomic E-state index is 0. The number of hydrogen-bond donors (Lipinski definition) is 1. The summed E-state index contributed by atoms with van der Waals surface area (Å²) in [5.41, 5.74) is 0. The zero-order valence-electron chi connectivity index (χ0n) is 6.96. The van der Waals surface area contributed by atoms with Crippen molar-refractivity contribution < 1.29 is 14.7 Å². The summed E-state index contributed by atoms with van der Waals surface area (Å²) in [4.78, 5) is 21.4. The molecule has 0 spiro atoms. The molecule has 0 saturated heterocycles. The Morgan fingerprint density at radius 1 is 1.33 bits per heavy atom. The van der Waals surface area contributed by atoms with Gasteiger partial charge < -0.3 is 5.11 Å². The predicted molar refractivity (Wildman–Crippen MR) is 48.5 cm³/mol. The maximum atomic E-state index is 11.0. The number of carbonyl (C=O) groups is 2. The normalized spacial score (nSPS) is 11.5. The molecule has 66 valence electrons. The Morgan fingerprint density at radius 2 is 1.83 bits per heavy atom. The van der Waals surface area contributed by atoms with E-state index in [9.17, 15) is 9.59 Å². The molecular formula is C8H15NaO3. The summed E-state index contributed by atoms with van der Waals surface area (Å²) in [5, 5.41) is 8.59. The van der Waals surface area contributed by atoms with Crippen molar-refractivity contribution in [2.75, 3.05) is 0 Å². The van der Waals surface area contributed by atoms with Crippen LogP contribution in [0, 0.1) is 5.92 Å². The van der Waals surface area contributed by atoms with Gasteiger partial charge in [0.1, 0.15) is 11.7 Å². The molecule has 12 heavy (non-hydrogen) atoms. The van der Waals surface area contributed by atoms with Gasteiger partial charge in [0.2, 0.25) is 0 Å². The van der Waals surface area contributed by atoms with Crippen LogP contribution in [0.25, 0.3) is 0 Å². The van der Waals surface area contributed by atoms with Crippen LogP contribution in [0.15, 0.2) is 0 Å². The Balaban J connectivity index is 0. The van der Waals surface area contributed by atoms with E-state index in [0.717, 1.165) is 6.42 Å². The minimum atomic E-state index is -0.987. The average Bonchev–Trinajstić information content (AvgIpc) is 1.98. The van der Waals surface area contributed by atoms with Crippen molar-refractivity contribution in [1.29, 1.82) is 0 Å². The molecule has 0 saturated carbocycles. The molecular weight excluding hydrogens is 167 g/mol. The van der Waals surface area contributed by atoms with E-state index < -0.39 is 11.9 Å². The van der Waals surface area contributed by atoms with Gasteiger partial charge in [0.25, 0.3) is 0 Å². The van der Waals surface area contributed by atoms with Crippen LogP contribution in [0.1, 0.15) is 33.1 Å². The molecule has 4 heteroatoms. The molecule has 1 N–H and O–H groups in total. The van der Waals surface area contributed by atoms with Crippen LogP contribution in [0.3, 0.4) is 0 Å². The van der Waals surface area contributed by atoms with Crippen molar-refractivity contribution in [1.82, 2.24) is 0 Å². The summed E-state index contributed by atoms with van der Waals surface area (Å²) >= 11 is 0. The summed E-state index contributed by atoms with van der Waals surface area (Å²) in [6.07, 6.45) is 1.52. The fourth-order valence-corrected chi connectivity index (χ4v) is 0.957. The first-order valence-corrected chi connectivity index (χ1v) is 3.89. The van der Waals surface area contributed by atoms with Crippen LogP contribution >= 0.6 is 0 Å². The summed E-state index contributed by atoms with van der Waals surface area (Å²) in [5.74, 6) is -1.93. The van der Waals surface area contributed by atoms with Gasteiger partial charge in [-0.1, -0.05) is 20.3 Å². The number of Topliss-reactive ketones (excluding diaryl/α,β-unsaturated/α-hetero) is 1. The molecule has 3 nitrogen and oxygen atoms in total. The van der Waals surface area contributed by atoms with E-state index >= 15 is 0 Å². The zero-order chi connectivity index (χ0) is 8.85. The molecule has 0 radical (unpaired) electrons. The molecule has 1 atom stereocenters. The second kappa shape index (κ2) is 7.77. The van der Waals surface area contributed by atoms with Gasteiger partial charge in [0.05, 0.1) is 0 Å². The first-order valence-electron chi connectivity index (χ1n) is 3.89. The van der Waals surface area contributed by atoms with Crippen LogP contribution < -0.4 is 0 Å². The molecule has 0 rings (SSSR count). The molecule has 0 heterocycles. The second-order valence-electron chi connectivity index (χ2n) is 2.50. The van der Waals surface area contributed by atoms with Crippen LogP contribution in [-0.4, -0.2) is 46.4 Å². The summed E-state index contributed by atoms with van der Waals surface area (Å²) in [6, 6.07) is 0. The first kappa shape index (κ1) is 14.7. The van der Waals surface area contributed by atoms with E-state index in [2.05, 4.69) is 0 Å². The van der Waals surface area contributed by atoms with Gasteiger partial charge in [0, 0.05) is 6.42 Å². The Morgan fingerprint density at radius 3 is 2.08 bits per heavy atom. The molecule has 0 bridgehead atoms. The molecule has 0 aromatic carbocycles. The van der Waals surface area contributed by atoms with Gasteiger partial charge in [-0.3, -0.25) is 9.59 Å². The third kappa shape index (κ3) is 4.91. The molecule has 0 fully saturated rings. The number of aliphatic carboxylic acids is 1. The monoisotopic (exact) mass is 182 g/mol.